The number of aliphatic imine (C=N–C) groups is 1. The first-order valence-electron chi connectivity index (χ1n) is 15.6. The summed E-state index contributed by atoms with van der Waals surface area (Å²) in [6, 6.07) is 8.49. The van der Waals surface area contributed by atoms with Crippen LogP contribution >= 0.6 is 0 Å². The minimum atomic E-state index is -0.263. The van der Waals surface area contributed by atoms with Gasteiger partial charge in [0.2, 0.25) is 5.95 Å². The van der Waals surface area contributed by atoms with Crippen LogP contribution in [0.5, 0.6) is 0 Å². The third-order valence-corrected chi connectivity index (χ3v) is 9.50. The van der Waals surface area contributed by atoms with Crippen LogP contribution in [-0.2, 0) is 6.54 Å². The highest BCUT2D eigenvalue weighted by Gasteiger charge is 2.35. The average molecular weight is 582 g/mol. The summed E-state index contributed by atoms with van der Waals surface area (Å²) >= 11 is 0. The van der Waals surface area contributed by atoms with Crippen LogP contribution in [0.2, 0.25) is 0 Å². The number of benzene rings is 1. The molecule has 0 bridgehead atoms. The lowest BCUT2D eigenvalue weighted by atomic mass is 9.79. The van der Waals surface area contributed by atoms with Crippen LogP contribution in [0, 0.1) is 11.7 Å². The predicted molar refractivity (Wildman–Crippen MR) is 171 cm³/mol. The van der Waals surface area contributed by atoms with E-state index in [1.54, 1.807) is 6.07 Å². The Morgan fingerprint density at radius 1 is 1.05 bits per heavy atom. The van der Waals surface area contributed by atoms with E-state index in [0.29, 0.717) is 35.8 Å². The van der Waals surface area contributed by atoms with E-state index in [1.165, 1.54) is 12.8 Å². The van der Waals surface area contributed by atoms with E-state index >= 15 is 4.39 Å². The smallest absolute Gasteiger partial charge is 0.224 e. The molecule has 10 heteroatoms. The molecule has 0 radical (unpaired) electrons. The fraction of sp³-hybridized carbons (Fsp3) is 0.455. The standard InChI is InChI=1S/C33H40FN9/c1-20-30(22-4-3-5-24(35-2)8-7-22)25-14-23(15-28(34)31(25)41-20)26-18-38-32-27(26)19-40-33(42-32)39-17-21-6-9-29(37-16-21)43-12-10-36-11-13-43/h6,9,14-16,18-19,22,24,30,35-36H,3-5,7-8,10-13,17H2,1-2H3,(H2,38,39,40,42)/t22?,24-,30?/m0/s1. The zero-order valence-corrected chi connectivity index (χ0v) is 25.0. The number of anilines is 2. The number of aromatic amines is 1. The van der Waals surface area contributed by atoms with Gasteiger partial charge in [0.25, 0.3) is 0 Å². The molecule has 2 aliphatic heterocycles. The third kappa shape index (κ3) is 5.61. The number of H-pyrrole nitrogens is 1. The Morgan fingerprint density at radius 2 is 1.93 bits per heavy atom. The summed E-state index contributed by atoms with van der Waals surface area (Å²) < 4.78 is 15.5. The van der Waals surface area contributed by atoms with Gasteiger partial charge in [-0.2, -0.15) is 4.98 Å². The second kappa shape index (κ2) is 12.0. The van der Waals surface area contributed by atoms with Gasteiger partial charge in [-0.3, -0.25) is 4.99 Å². The number of piperazine rings is 1. The molecule has 2 unspecified atom stereocenters. The molecule has 1 aromatic carbocycles. The van der Waals surface area contributed by atoms with E-state index in [1.807, 2.05) is 18.6 Å². The largest absolute Gasteiger partial charge is 0.354 e. The lowest BCUT2D eigenvalue weighted by molar-refractivity contribution is 0.426. The van der Waals surface area contributed by atoms with Crippen LogP contribution < -0.4 is 20.9 Å². The second-order valence-electron chi connectivity index (χ2n) is 12.2. The number of pyridine rings is 1. The van der Waals surface area contributed by atoms with E-state index in [0.717, 1.165) is 84.6 Å². The molecule has 0 amide bonds. The number of rotatable bonds is 7. The molecule has 9 nitrogen and oxygen atoms in total. The van der Waals surface area contributed by atoms with Crippen LogP contribution in [0.3, 0.4) is 0 Å². The van der Waals surface area contributed by atoms with Crippen molar-refractivity contribution in [3.63, 3.8) is 0 Å². The van der Waals surface area contributed by atoms with Gasteiger partial charge < -0.3 is 25.8 Å². The van der Waals surface area contributed by atoms with Crippen LogP contribution in [0.1, 0.15) is 56.1 Å². The molecule has 4 aromatic rings. The van der Waals surface area contributed by atoms with E-state index < -0.39 is 0 Å². The Bertz CT molecular complexity index is 1620. The van der Waals surface area contributed by atoms with Crippen molar-refractivity contribution in [1.29, 1.82) is 0 Å². The summed E-state index contributed by atoms with van der Waals surface area (Å²) in [6.07, 6.45) is 11.4. The minimum absolute atomic E-state index is 0.165. The van der Waals surface area contributed by atoms with Crippen molar-refractivity contribution in [2.75, 3.05) is 43.4 Å². The summed E-state index contributed by atoms with van der Waals surface area (Å²) in [5.74, 6) is 1.92. The molecule has 7 rings (SSSR count). The number of nitrogens with zero attached hydrogens (tertiary/aromatic N) is 5. The van der Waals surface area contributed by atoms with Crippen LogP contribution in [0.4, 0.5) is 21.8 Å². The molecule has 43 heavy (non-hydrogen) atoms. The summed E-state index contributed by atoms with van der Waals surface area (Å²) in [5.41, 5.74) is 6.07. The Labute approximate surface area is 251 Å². The Hall–Kier alpha value is -3.89. The normalized spacial score (nSPS) is 22.3. The molecule has 3 aromatic heterocycles. The lowest BCUT2D eigenvalue weighted by Gasteiger charge is -2.28. The van der Waals surface area contributed by atoms with Gasteiger partial charge in [-0.05, 0) is 80.5 Å². The maximum Gasteiger partial charge on any atom is 0.224 e. The molecular formula is C33H40FN9. The Balaban J connectivity index is 1.08. The maximum atomic E-state index is 15.5. The molecule has 2 fully saturated rings. The number of hydrogen-bond donors (Lipinski definition) is 4. The topological polar surface area (TPSA) is 106 Å². The molecule has 0 spiro atoms. The molecular weight excluding hydrogens is 541 g/mol. The van der Waals surface area contributed by atoms with Crippen molar-refractivity contribution in [1.82, 2.24) is 30.6 Å². The molecule has 224 valence electrons. The van der Waals surface area contributed by atoms with E-state index in [2.05, 4.69) is 68.0 Å². The van der Waals surface area contributed by atoms with Gasteiger partial charge in [0.1, 0.15) is 23.0 Å². The number of nitrogens with one attached hydrogen (secondary N) is 4. The summed E-state index contributed by atoms with van der Waals surface area (Å²) in [5, 5.41) is 11.0. The van der Waals surface area contributed by atoms with E-state index in [-0.39, 0.29) is 11.7 Å². The SMILES string of the molecule is CN[C@H]1CCCC(C2C(C)=Nc3c(F)cc(-c4c[nH]c5nc(NCc6ccc(N7CCNCC7)nc6)ncc45)cc32)CC1. The Kier molecular flexibility index (Phi) is 7.80. The predicted octanol–water partition coefficient (Wildman–Crippen LogP) is 5.54. The Morgan fingerprint density at radius 3 is 2.74 bits per heavy atom. The van der Waals surface area contributed by atoms with E-state index in [4.69, 9.17) is 9.98 Å². The van der Waals surface area contributed by atoms with E-state index in [9.17, 15) is 0 Å². The first-order chi connectivity index (χ1) is 21.1. The van der Waals surface area contributed by atoms with Crippen molar-refractivity contribution in [2.24, 2.45) is 10.9 Å². The third-order valence-electron chi connectivity index (χ3n) is 9.50. The molecule has 1 aliphatic carbocycles. The first kappa shape index (κ1) is 27.9. The van der Waals surface area contributed by atoms with Gasteiger partial charge in [-0.1, -0.05) is 12.5 Å². The van der Waals surface area contributed by atoms with Crippen molar-refractivity contribution >= 4 is 34.2 Å². The van der Waals surface area contributed by atoms with Gasteiger partial charge >= 0.3 is 0 Å². The summed E-state index contributed by atoms with van der Waals surface area (Å²) in [4.78, 5) is 24.3. The molecule has 5 heterocycles. The van der Waals surface area contributed by atoms with Crippen LogP contribution in [0.25, 0.3) is 22.2 Å². The quantitative estimate of drug-likeness (QED) is 0.213. The number of aromatic nitrogens is 4. The lowest BCUT2D eigenvalue weighted by Crippen LogP contribution is -2.43. The molecule has 3 atom stereocenters. The fourth-order valence-corrected chi connectivity index (χ4v) is 7.16. The highest BCUT2D eigenvalue weighted by molar-refractivity contribution is 5.99. The van der Waals surface area contributed by atoms with Crippen LogP contribution in [-0.4, -0.2) is 64.9 Å². The highest BCUT2D eigenvalue weighted by Crippen LogP contribution is 2.47. The van der Waals surface area contributed by atoms with Gasteiger partial charge in [0, 0.05) is 79.9 Å². The van der Waals surface area contributed by atoms with Crippen LogP contribution in [0.15, 0.2) is 47.8 Å². The second-order valence-corrected chi connectivity index (χ2v) is 12.2. The molecule has 4 N–H and O–H groups in total. The number of fused-ring (bicyclic) bond motifs is 2. The van der Waals surface area contributed by atoms with Crippen molar-refractivity contribution < 1.29 is 4.39 Å². The summed E-state index contributed by atoms with van der Waals surface area (Å²) in [6.45, 7) is 6.55. The monoisotopic (exact) mass is 581 g/mol. The average Bonchev–Trinajstić information content (AvgIpc) is 3.52. The van der Waals surface area contributed by atoms with Gasteiger partial charge in [0.15, 0.2) is 0 Å². The zero-order valence-electron chi connectivity index (χ0n) is 25.0. The van der Waals surface area contributed by atoms with Gasteiger partial charge in [-0.25, -0.2) is 14.4 Å². The van der Waals surface area contributed by atoms with Gasteiger partial charge in [0.05, 0.1) is 0 Å². The van der Waals surface area contributed by atoms with Crippen molar-refractivity contribution in [3.05, 3.63) is 59.8 Å². The molecule has 1 saturated carbocycles. The highest BCUT2D eigenvalue weighted by atomic mass is 19.1. The van der Waals surface area contributed by atoms with Crippen molar-refractivity contribution in [3.8, 4) is 11.1 Å². The molecule has 1 saturated heterocycles. The fourth-order valence-electron chi connectivity index (χ4n) is 7.16. The zero-order chi connectivity index (χ0) is 29.3. The summed E-state index contributed by atoms with van der Waals surface area (Å²) in [7, 11) is 2.05. The van der Waals surface area contributed by atoms with Crippen molar-refractivity contribution in [2.45, 2.75) is 57.5 Å². The minimum Gasteiger partial charge on any atom is -0.354 e. The molecule has 3 aliphatic rings. The number of halogens is 1. The number of hydrogen-bond acceptors (Lipinski definition) is 8. The van der Waals surface area contributed by atoms with Gasteiger partial charge in [-0.15, -0.1) is 0 Å². The first-order valence-corrected chi connectivity index (χ1v) is 15.6. The maximum absolute atomic E-state index is 15.5.